The van der Waals surface area contributed by atoms with E-state index in [0.29, 0.717) is 13.2 Å². The lowest BCUT2D eigenvalue weighted by Gasteiger charge is -2.17. The van der Waals surface area contributed by atoms with E-state index in [1.54, 1.807) is 0 Å². The Labute approximate surface area is 113 Å². The van der Waals surface area contributed by atoms with E-state index in [0.717, 1.165) is 12.1 Å². The number of hydrogen-bond donors (Lipinski definition) is 0. The molecule has 0 aromatic heterocycles. The molecule has 0 atom stereocenters. The van der Waals surface area contributed by atoms with Gasteiger partial charge in [-0.05, 0) is 19.1 Å². The first-order valence-electron chi connectivity index (χ1n) is 5.45. The van der Waals surface area contributed by atoms with Gasteiger partial charge in [0, 0.05) is 24.7 Å². The van der Waals surface area contributed by atoms with Crippen LogP contribution in [0.5, 0.6) is 0 Å². The molecule has 0 N–H and O–H groups in total. The zero-order valence-electron chi connectivity index (χ0n) is 10.2. The molecule has 18 heavy (non-hydrogen) atoms. The maximum absolute atomic E-state index is 13.6. The van der Waals surface area contributed by atoms with Crippen LogP contribution in [0.25, 0.3) is 0 Å². The second-order valence-electron chi connectivity index (χ2n) is 3.67. The highest BCUT2D eigenvalue weighted by molar-refractivity contribution is 9.10. The quantitative estimate of drug-likeness (QED) is 0.780. The van der Waals surface area contributed by atoms with Crippen LogP contribution < -0.4 is 0 Å². The molecule has 0 fully saturated rings. The molecule has 1 aromatic carbocycles. The Morgan fingerprint density at radius 1 is 1.39 bits per heavy atom. The summed E-state index contributed by atoms with van der Waals surface area (Å²) in [6.07, 6.45) is 0. The van der Waals surface area contributed by atoms with E-state index in [2.05, 4.69) is 15.9 Å². The SMILES string of the molecule is CCOCCN(C)C(=O)c1c(F)cc(Br)cc1F. The van der Waals surface area contributed by atoms with E-state index in [-0.39, 0.29) is 11.0 Å². The number of halogens is 3. The fourth-order valence-corrected chi connectivity index (χ4v) is 1.79. The van der Waals surface area contributed by atoms with Crippen molar-refractivity contribution in [1.29, 1.82) is 0 Å². The summed E-state index contributed by atoms with van der Waals surface area (Å²) >= 11 is 2.96. The van der Waals surface area contributed by atoms with E-state index in [9.17, 15) is 13.6 Å². The third-order valence-electron chi connectivity index (χ3n) is 2.34. The predicted molar refractivity (Wildman–Crippen MR) is 67.5 cm³/mol. The number of ether oxygens (including phenoxy) is 1. The van der Waals surface area contributed by atoms with Crippen LogP contribution in [0, 0.1) is 11.6 Å². The van der Waals surface area contributed by atoms with Crippen LogP contribution in [-0.4, -0.2) is 37.6 Å². The number of nitrogens with zero attached hydrogens (tertiary/aromatic N) is 1. The minimum Gasteiger partial charge on any atom is -0.380 e. The number of hydrogen-bond acceptors (Lipinski definition) is 2. The zero-order valence-corrected chi connectivity index (χ0v) is 11.8. The maximum atomic E-state index is 13.6. The normalized spacial score (nSPS) is 10.5. The third kappa shape index (κ3) is 3.74. The van der Waals surface area contributed by atoms with Gasteiger partial charge in [0.05, 0.1) is 6.61 Å². The summed E-state index contributed by atoms with van der Waals surface area (Å²) in [4.78, 5) is 13.1. The first-order chi connectivity index (χ1) is 8.47. The van der Waals surface area contributed by atoms with Crippen molar-refractivity contribution < 1.29 is 18.3 Å². The van der Waals surface area contributed by atoms with Crippen LogP contribution in [-0.2, 0) is 4.74 Å². The summed E-state index contributed by atoms with van der Waals surface area (Å²) in [6.45, 7) is 2.97. The summed E-state index contributed by atoms with van der Waals surface area (Å²) in [5.41, 5.74) is -0.544. The van der Waals surface area contributed by atoms with Crippen LogP contribution in [0.15, 0.2) is 16.6 Å². The lowest BCUT2D eigenvalue weighted by Crippen LogP contribution is -2.31. The van der Waals surface area contributed by atoms with Crippen molar-refractivity contribution in [2.45, 2.75) is 6.92 Å². The molecule has 0 saturated heterocycles. The van der Waals surface area contributed by atoms with E-state index < -0.39 is 23.1 Å². The molecule has 6 heteroatoms. The highest BCUT2D eigenvalue weighted by Gasteiger charge is 2.21. The van der Waals surface area contributed by atoms with Gasteiger partial charge in [0.2, 0.25) is 0 Å². The van der Waals surface area contributed by atoms with Gasteiger partial charge >= 0.3 is 0 Å². The first-order valence-corrected chi connectivity index (χ1v) is 6.24. The molecule has 100 valence electrons. The molecule has 0 heterocycles. The highest BCUT2D eigenvalue weighted by atomic mass is 79.9. The molecule has 0 aliphatic rings. The second-order valence-corrected chi connectivity index (χ2v) is 4.58. The number of benzene rings is 1. The van der Waals surface area contributed by atoms with Crippen LogP contribution in [0.3, 0.4) is 0 Å². The molecular formula is C12H14BrF2NO2. The maximum Gasteiger partial charge on any atom is 0.259 e. The molecule has 1 aromatic rings. The monoisotopic (exact) mass is 321 g/mol. The Kier molecular flexibility index (Phi) is 5.68. The summed E-state index contributed by atoms with van der Waals surface area (Å²) in [5, 5.41) is 0. The predicted octanol–water partition coefficient (Wildman–Crippen LogP) is 2.84. The molecular weight excluding hydrogens is 308 g/mol. The van der Waals surface area contributed by atoms with Crippen molar-refractivity contribution in [3.63, 3.8) is 0 Å². The molecule has 3 nitrogen and oxygen atoms in total. The molecule has 1 amide bonds. The number of likely N-dealkylation sites (N-methyl/N-ethyl adjacent to an activating group) is 1. The summed E-state index contributed by atoms with van der Waals surface area (Å²) < 4.78 is 32.5. The van der Waals surface area contributed by atoms with E-state index in [1.165, 1.54) is 11.9 Å². The van der Waals surface area contributed by atoms with Crippen molar-refractivity contribution in [3.8, 4) is 0 Å². The average Bonchev–Trinajstić information content (AvgIpc) is 2.27. The number of rotatable bonds is 5. The summed E-state index contributed by atoms with van der Waals surface area (Å²) in [5.74, 6) is -2.46. The molecule has 0 spiro atoms. The topological polar surface area (TPSA) is 29.5 Å². The second kappa shape index (κ2) is 6.80. The van der Waals surface area contributed by atoms with Crippen LogP contribution in [0.4, 0.5) is 8.78 Å². The molecule has 0 bridgehead atoms. The lowest BCUT2D eigenvalue weighted by molar-refractivity contribution is 0.0701. The van der Waals surface area contributed by atoms with Gasteiger partial charge < -0.3 is 9.64 Å². The molecule has 0 unspecified atom stereocenters. The standard InChI is InChI=1S/C12H14BrF2NO2/c1-3-18-5-4-16(2)12(17)11-9(14)6-8(13)7-10(11)15/h6-7H,3-5H2,1-2H3. The van der Waals surface area contributed by atoms with Crippen molar-refractivity contribution in [1.82, 2.24) is 4.90 Å². The minimum atomic E-state index is -0.880. The largest absolute Gasteiger partial charge is 0.380 e. The zero-order chi connectivity index (χ0) is 13.7. The Hall–Kier alpha value is -1.01. The van der Waals surface area contributed by atoms with Gasteiger partial charge in [-0.25, -0.2) is 8.78 Å². The molecule has 0 radical (unpaired) electrons. The van der Waals surface area contributed by atoms with Gasteiger partial charge in [0.15, 0.2) is 0 Å². The lowest BCUT2D eigenvalue weighted by atomic mass is 10.1. The fraction of sp³-hybridized carbons (Fsp3) is 0.417. The van der Waals surface area contributed by atoms with E-state index >= 15 is 0 Å². The van der Waals surface area contributed by atoms with Gasteiger partial charge in [-0.3, -0.25) is 4.79 Å². The van der Waals surface area contributed by atoms with Crippen LogP contribution >= 0.6 is 15.9 Å². The van der Waals surface area contributed by atoms with E-state index in [4.69, 9.17) is 4.74 Å². The molecule has 1 rings (SSSR count). The number of carbonyl (C=O) groups excluding carboxylic acids is 1. The Morgan fingerprint density at radius 3 is 2.44 bits per heavy atom. The molecule has 0 aliphatic carbocycles. The Balaban J connectivity index is 2.83. The van der Waals surface area contributed by atoms with E-state index in [1.807, 2.05) is 6.92 Å². The number of amides is 1. The Morgan fingerprint density at radius 2 is 1.94 bits per heavy atom. The first kappa shape index (κ1) is 15.0. The number of carbonyl (C=O) groups is 1. The van der Waals surface area contributed by atoms with Gasteiger partial charge in [-0.2, -0.15) is 0 Å². The molecule has 0 saturated carbocycles. The van der Waals surface area contributed by atoms with Gasteiger partial charge in [-0.1, -0.05) is 15.9 Å². The molecule has 0 aliphatic heterocycles. The van der Waals surface area contributed by atoms with Crippen molar-refractivity contribution >= 4 is 21.8 Å². The fourth-order valence-electron chi connectivity index (χ4n) is 1.38. The summed E-state index contributed by atoms with van der Waals surface area (Å²) in [6, 6.07) is 2.12. The van der Waals surface area contributed by atoms with Crippen molar-refractivity contribution in [2.75, 3.05) is 26.8 Å². The van der Waals surface area contributed by atoms with Gasteiger partial charge in [-0.15, -0.1) is 0 Å². The van der Waals surface area contributed by atoms with Crippen molar-refractivity contribution in [3.05, 3.63) is 33.8 Å². The summed E-state index contributed by atoms with van der Waals surface area (Å²) in [7, 11) is 1.47. The van der Waals surface area contributed by atoms with Crippen molar-refractivity contribution in [2.24, 2.45) is 0 Å². The van der Waals surface area contributed by atoms with Gasteiger partial charge in [0.25, 0.3) is 5.91 Å². The minimum absolute atomic E-state index is 0.256. The van der Waals surface area contributed by atoms with Crippen LogP contribution in [0.2, 0.25) is 0 Å². The smallest absolute Gasteiger partial charge is 0.259 e. The van der Waals surface area contributed by atoms with Gasteiger partial charge in [0.1, 0.15) is 17.2 Å². The third-order valence-corrected chi connectivity index (χ3v) is 2.80. The highest BCUT2D eigenvalue weighted by Crippen LogP contribution is 2.20. The van der Waals surface area contributed by atoms with Crippen LogP contribution in [0.1, 0.15) is 17.3 Å². The average molecular weight is 322 g/mol. The Bertz CT molecular complexity index is 417.